The smallest absolute Gasteiger partial charge is 0.328 e. The molecule has 6 heteroatoms. The molecule has 0 spiro atoms. The topological polar surface area (TPSA) is 67.9 Å². The zero-order chi connectivity index (χ0) is 16.8. The highest BCUT2D eigenvalue weighted by atomic mass is 16.5. The van der Waals surface area contributed by atoms with E-state index in [9.17, 15) is 9.59 Å². The van der Waals surface area contributed by atoms with Crippen LogP contribution in [0.25, 0.3) is 0 Å². The van der Waals surface area contributed by atoms with Gasteiger partial charge in [-0.1, -0.05) is 30.3 Å². The zero-order valence-corrected chi connectivity index (χ0v) is 13.8. The van der Waals surface area contributed by atoms with Crippen molar-refractivity contribution in [3.63, 3.8) is 0 Å². The molecule has 2 amide bonds. The van der Waals surface area contributed by atoms with E-state index in [4.69, 9.17) is 9.47 Å². The quantitative estimate of drug-likeness (QED) is 0.856. The molecule has 0 aromatic heterocycles. The number of hydrogen-bond acceptors (Lipinski definition) is 4. The largest absolute Gasteiger partial charge is 0.467 e. The Morgan fingerprint density at radius 1 is 1.26 bits per heavy atom. The average molecular weight is 320 g/mol. The Balaban J connectivity index is 2.02. The number of morpholine rings is 1. The third-order valence-corrected chi connectivity index (χ3v) is 3.77. The van der Waals surface area contributed by atoms with Crippen molar-refractivity contribution in [3.05, 3.63) is 35.9 Å². The van der Waals surface area contributed by atoms with Crippen LogP contribution in [-0.2, 0) is 20.7 Å². The number of carbonyl (C=O) groups is 2. The van der Waals surface area contributed by atoms with E-state index in [2.05, 4.69) is 5.32 Å². The fourth-order valence-corrected chi connectivity index (χ4v) is 2.77. The molecule has 1 fully saturated rings. The van der Waals surface area contributed by atoms with Crippen molar-refractivity contribution in [1.29, 1.82) is 0 Å². The summed E-state index contributed by atoms with van der Waals surface area (Å²) < 4.78 is 10.4. The normalized spacial score (nSPS) is 22.3. The average Bonchev–Trinajstić information content (AvgIpc) is 2.53. The van der Waals surface area contributed by atoms with E-state index in [0.29, 0.717) is 19.5 Å². The van der Waals surface area contributed by atoms with Crippen LogP contribution in [0.5, 0.6) is 0 Å². The summed E-state index contributed by atoms with van der Waals surface area (Å²) in [5.74, 6) is -0.448. The molecule has 1 heterocycles. The van der Waals surface area contributed by atoms with Gasteiger partial charge in [-0.15, -0.1) is 0 Å². The molecular weight excluding hydrogens is 296 g/mol. The molecule has 6 nitrogen and oxygen atoms in total. The maximum atomic E-state index is 12.5. The van der Waals surface area contributed by atoms with Crippen LogP contribution in [0, 0.1) is 0 Å². The lowest BCUT2D eigenvalue weighted by Gasteiger charge is -2.35. The number of benzene rings is 1. The van der Waals surface area contributed by atoms with Crippen LogP contribution in [0.15, 0.2) is 30.3 Å². The van der Waals surface area contributed by atoms with Crippen LogP contribution in [0.3, 0.4) is 0 Å². The van der Waals surface area contributed by atoms with Gasteiger partial charge in [-0.3, -0.25) is 0 Å². The van der Waals surface area contributed by atoms with Gasteiger partial charge in [-0.2, -0.15) is 0 Å². The van der Waals surface area contributed by atoms with Gasteiger partial charge in [0.2, 0.25) is 0 Å². The molecule has 126 valence electrons. The van der Waals surface area contributed by atoms with E-state index >= 15 is 0 Å². The number of nitrogens with one attached hydrogen (secondary N) is 1. The summed E-state index contributed by atoms with van der Waals surface area (Å²) in [6.07, 6.45) is 0.361. The van der Waals surface area contributed by atoms with Crippen LogP contribution in [-0.4, -0.2) is 55.3 Å². The van der Waals surface area contributed by atoms with Crippen molar-refractivity contribution >= 4 is 12.0 Å². The minimum atomic E-state index is -0.705. The van der Waals surface area contributed by atoms with Crippen molar-refractivity contribution in [3.8, 4) is 0 Å². The van der Waals surface area contributed by atoms with Gasteiger partial charge in [-0.25, -0.2) is 9.59 Å². The van der Waals surface area contributed by atoms with Gasteiger partial charge < -0.3 is 19.7 Å². The number of ether oxygens (including phenoxy) is 2. The Morgan fingerprint density at radius 2 is 1.87 bits per heavy atom. The first-order valence-corrected chi connectivity index (χ1v) is 7.82. The number of methoxy groups -OCH3 is 1. The summed E-state index contributed by atoms with van der Waals surface area (Å²) in [7, 11) is 1.32. The third-order valence-electron chi connectivity index (χ3n) is 3.77. The molecule has 2 rings (SSSR count). The molecule has 1 aromatic rings. The third kappa shape index (κ3) is 4.96. The van der Waals surface area contributed by atoms with Gasteiger partial charge in [0.15, 0.2) is 0 Å². The summed E-state index contributed by atoms with van der Waals surface area (Å²) in [6, 6.07) is 8.57. The fraction of sp³-hybridized carbons (Fsp3) is 0.529. The number of amides is 2. The van der Waals surface area contributed by atoms with Gasteiger partial charge in [-0.05, 0) is 19.4 Å². The van der Waals surface area contributed by atoms with E-state index in [0.717, 1.165) is 5.56 Å². The Hall–Kier alpha value is -2.08. The van der Waals surface area contributed by atoms with Crippen molar-refractivity contribution in [2.24, 2.45) is 0 Å². The highest BCUT2D eigenvalue weighted by molar-refractivity contribution is 5.84. The second-order valence-corrected chi connectivity index (χ2v) is 5.88. The van der Waals surface area contributed by atoms with E-state index in [-0.39, 0.29) is 18.2 Å². The minimum Gasteiger partial charge on any atom is -0.467 e. The van der Waals surface area contributed by atoms with E-state index in [1.165, 1.54) is 7.11 Å². The van der Waals surface area contributed by atoms with Crippen LogP contribution < -0.4 is 5.32 Å². The Bertz CT molecular complexity index is 525. The Labute approximate surface area is 136 Å². The summed E-state index contributed by atoms with van der Waals surface area (Å²) in [4.78, 5) is 26.1. The Kier molecular flexibility index (Phi) is 5.98. The summed E-state index contributed by atoms with van der Waals surface area (Å²) in [5, 5.41) is 2.78. The van der Waals surface area contributed by atoms with Crippen molar-refractivity contribution < 1.29 is 19.1 Å². The molecule has 0 aliphatic carbocycles. The van der Waals surface area contributed by atoms with Gasteiger partial charge >= 0.3 is 12.0 Å². The Morgan fingerprint density at radius 3 is 2.43 bits per heavy atom. The zero-order valence-electron chi connectivity index (χ0n) is 13.8. The van der Waals surface area contributed by atoms with Crippen LogP contribution in [0.4, 0.5) is 4.79 Å². The van der Waals surface area contributed by atoms with E-state index < -0.39 is 12.0 Å². The van der Waals surface area contributed by atoms with Gasteiger partial charge in [0.25, 0.3) is 0 Å². The van der Waals surface area contributed by atoms with E-state index in [1.807, 2.05) is 44.2 Å². The molecule has 23 heavy (non-hydrogen) atoms. The molecule has 0 radical (unpaired) electrons. The van der Waals surface area contributed by atoms with Crippen LogP contribution in [0.1, 0.15) is 19.4 Å². The molecule has 1 saturated heterocycles. The number of urea groups is 1. The van der Waals surface area contributed by atoms with Crippen molar-refractivity contribution in [2.45, 2.75) is 38.5 Å². The first-order valence-electron chi connectivity index (χ1n) is 7.82. The minimum absolute atomic E-state index is 0.0183. The standard InChI is InChI=1S/C17H24N2O4/c1-12-10-19(11-13(2)23-12)17(21)18-15(16(20)22-3)9-14-7-5-4-6-8-14/h4-8,12-13,15H,9-11H2,1-3H3,(H,18,21)/t12-,13+,15-/m0/s1. The predicted octanol–water partition coefficient (Wildman–Crippen LogP) is 1.59. The summed E-state index contributed by atoms with van der Waals surface area (Å²) >= 11 is 0. The number of nitrogens with zero attached hydrogens (tertiary/aromatic N) is 1. The fourth-order valence-electron chi connectivity index (χ4n) is 2.77. The highest BCUT2D eigenvalue weighted by Crippen LogP contribution is 2.11. The number of hydrogen-bond donors (Lipinski definition) is 1. The molecule has 3 atom stereocenters. The lowest BCUT2D eigenvalue weighted by Crippen LogP contribution is -2.55. The predicted molar refractivity (Wildman–Crippen MR) is 86.1 cm³/mol. The monoisotopic (exact) mass is 320 g/mol. The number of esters is 1. The second-order valence-electron chi connectivity index (χ2n) is 5.88. The van der Waals surface area contributed by atoms with Gasteiger partial charge in [0, 0.05) is 19.5 Å². The molecule has 1 aliphatic heterocycles. The highest BCUT2D eigenvalue weighted by Gasteiger charge is 2.29. The SMILES string of the molecule is COC(=O)[C@H](Cc1ccccc1)NC(=O)N1C[C@@H](C)O[C@@H](C)C1. The summed E-state index contributed by atoms with van der Waals surface area (Å²) in [6.45, 7) is 4.88. The van der Waals surface area contributed by atoms with Gasteiger partial charge in [0.1, 0.15) is 6.04 Å². The molecule has 0 saturated carbocycles. The van der Waals surface area contributed by atoms with Crippen molar-refractivity contribution in [1.82, 2.24) is 10.2 Å². The van der Waals surface area contributed by atoms with Gasteiger partial charge in [0.05, 0.1) is 19.3 Å². The first-order chi connectivity index (χ1) is 11.0. The maximum Gasteiger partial charge on any atom is 0.328 e. The van der Waals surface area contributed by atoms with E-state index in [1.54, 1.807) is 4.90 Å². The lowest BCUT2D eigenvalue weighted by molar-refractivity contribution is -0.142. The number of rotatable bonds is 4. The maximum absolute atomic E-state index is 12.5. The second kappa shape index (κ2) is 7.97. The molecule has 1 N–H and O–H groups in total. The van der Waals surface area contributed by atoms with Crippen molar-refractivity contribution in [2.75, 3.05) is 20.2 Å². The molecule has 0 bridgehead atoms. The molecular formula is C17H24N2O4. The first kappa shape index (κ1) is 17.3. The summed E-state index contributed by atoms with van der Waals surface area (Å²) in [5.41, 5.74) is 0.965. The lowest BCUT2D eigenvalue weighted by atomic mass is 10.1. The van der Waals surface area contributed by atoms with Crippen LogP contribution in [0.2, 0.25) is 0 Å². The number of carbonyl (C=O) groups excluding carboxylic acids is 2. The molecule has 1 aromatic carbocycles. The molecule has 1 aliphatic rings. The molecule has 0 unspecified atom stereocenters. The van der Waals surface area contributed by atoms with Crippen LogP contribution >= 0.6 is 0 Å².